The lowest BCUT2D eigenvalue weighted by molar-refractivity contribution is 0.693. The number of nitrogens with two attached hydrogens (primary N) is 1. The van der Waals surface area contributed by atoms with Gasteiger partial charge < -0.3 is 11.1 Å². The largest absolute Gasteiger partial charge is 0.399 e. The van der Waals surface area contributed by atoms with Crippen LogP contribution >= 0.6 is 23.2 Å². The minimum Gasteiger partial charge on any atom is -0.399 e. The molecular weight excluding hydrogens is 267 g/mol. The van der Waals surface area contributed by atoms with Crippen LogP contribution in [0.4, 0.5) is 5.69 Å². The molecule has 94 valence electrons. The Morgan fingerprint density at radius 2 is 1.39 bits per heavy atom. The molecule has 4 heteroatoms. The van der Waals surface area contributed by atoms with Crippen LogP contribution in [-0.2, 0) is 13.1 Å². The molecule has 0 aromatic heterocycles. The fourth-order valence-corrected chi connectivity index (χ4v) is 2.27. The van der Waals surface area contributed by atoms with Gasteiger partial charge >= 0.3 is 0 Å². The number of nitrogen functional groups attached to an aromatic ring is 1. The molecule has 2 aromatic carbocycles. The molecule has 0 bridgehead atoms. The molecule has 2 rings (SSSR count). The number of hydrogen-bond acceptors (Lipinski definition) is 2. The van der Waals surface area contributed by atoms with Crippen LogP contribution in [0.2, 0.25) is 10.0 Å². The maximum atomic E-state index is 5.94. The van der Waals surface area contributed by atoms with Gasteiger partial charge in [-0.25, -0.2) is 0 Å². The number of rotatable bonds is 4. The van der Waals surface area contributed by atoms with Gasteiger partial charge in [0.1, 0.15) is 0 Å². The van der Waals surface area contributed by atoms with Crippen LogP contribution in [0.1, 0.15) is 11.1 Å². The van der Waals surface area contributed by atoms with Crippen molar-refractivity contribution in [3.8, 4) is 0 Å². The van der Waals surface area contributed by atoms with Crippen LogP contribution in [-0.4, -0.2) is 0 Å². The smallest absolute Gasteiger partial charge is 0.0424 e. The highest BCUT2D eigenvalue weighted by atomic mass is 35.5. The molecule has 0 aliphatic heterocycles. The van der Waals surface area contributed by atoms with E-state index >= 15 is 0 Å². The van der Waals surface area contributed by atoms with Gasteiger partial charge in [0.05, 0.1) is 0 Å². The molecule has 2 nitrogen and oxygen atoms in total. The fourth-order valence-electron chi connectivity index (χ4n) is 1.70. The van der Waals surface area contributed by atoms with Crippen molar-refractivity contribution in [3.63, 3.8) is 0 Å². The first kappa shape index (κ1) is 13.2. The van der Waals surface area contributed by atoms with Crippen molar-refractivity contribution < 1.29 is 0 Å². The maximum Gasteiger partial charge on any atom is 0.0424 e. The van der Waals surface area contributed by atoms with Gasteiger partial charge in [-0.1, -0.05) is 35.3 Å². The second kappa shape index (κ2) is 6.10. The average molecular weight is 281 g/mol. The van der Waals surface area contributed by atoms with Crippen LogP contribution in [0.5, 0.6) is 0 Å². The summed E-state index contributed by atoms with van der Waals surface area (Å²) in [4.78, 5) is 0. The van der Waals surface area contributed by atoms with E-state index in [1.54, 1.807) is 6.07 Å². The van der Waals surface area contributed by atoms with Crippen LogP contribution in [0.15, 0.2) is 42.5 Å². The highest BCUT2D eigenvalue weighted by Gasteiger charge is 1.98. The van der Waals surface area contributed by atoms with Crippen molar-refractivity contribution in [1.82, 2.24) is 5.32 Å². The average Bonchev–Trinajstić information content (AvgIpc) is 2.30. The Hall–Kier alpha value is -1.22. The Morgan fingerprint density at radius 3 is 2.00 bits per heavy atom. The van der Waals surface area contributed by atoms with Gasteiger partial charge in [0, 0.05) is 28.8 Å². The lowest BCUT2D eigenvalue weighted by atomic mass is 10.2. The first-order valence-corrected chi connectivity index (χ1v) is 6.39. The Labute approximate surface area is 117 Å². The summed E-state index contributed by atoms with van der Waals surface area (Å²) in [5.74, 6) is 0. The molecule has 0 radical (unpaired) electrons. The third-order valence-corrected chi connectivity index (χ3v) is 3.00. The Kier molecular flexibility index (Phi) is 4.48. The topological polar surface area (TPSA) is 38.0 Å². The summed E-state index contributed by atoms with van der Waals surface area (Å²) >= 11 is 11.9. The summed E-state index contributed by atoms with van der Waals surface area (Å²) in [6.45, 7) is 1.51. The number of benzene rings is 2. The Balaban J connectivity index is 1.90. The molecule has 0 saturated heterocycles. The van der Waals surface area contributed by atoms with Crippen molar-refractivity contribution >= 4 is 28.9 Å². The quantitative estimate of drug-likeness (QED) is 0.835. The van der Waals surface area contributed by atoms with E-state index in [1.165, 1.54) is 5.56 Å². The van der Waals surface area contributed by atoms with Gasteiger partial charge in [0.2, 0.25) is 0 Å². The summed E-state index contributed by atoms with van der Waals surface area (Å²) in [5, 5.41) is 4.65. The van der Waals surface area contributed by atoms with E-state index in [4.69, 9.17) is 28.9 Å². The molecule has 0 spiro atoms. The van der Waals surface area contributed by atoms with E-state index < -0.39 is 0 Å². The molecule has 0 aliphatic rings. The van der Waals surface area contributed by atoms with Gasteiger partial charge in [0.25, 0.3) is 0 Å². The monoisotopic (exact) mass is 280 g/mol. The molecule has 0 atom stereocenters. The summed E-state index contributed by atoms with van der Waals surface area (Å²) in [5.41, 5.74) is 8.67. The first-order chi connectivity index (χ1) is 8.63. The highest BCUT2D eigenvalue weighted by Crippen LogP contribution is 2.19. The van der Waals surface area contributed by atoms with Crippen molar-refractivity contribution in [2.24, 2.45) is 0 Å². The van der Waals surface area contributed by atoms with Crippen LogP contribution < -0.4 is 11.1 Å². The maximum absolute atomic E-state index is 5.94. The SMILES string of the molecule is Nc1ccc(CNCc2cc(Cl)cc(Cl)c2)cc1. The zero-order chi connectivity index (χ0) is 13.0. The molecule has 18 heavy (non-hydrogen) atoms. The number of halogens is 2. The van der Waals surface area contributed by atoms with Crippen LogP contribution in [0, 0.1) is 0 Å². The van der Waals surface area contributed by atoms with Gasteiger partial charge in [0.15, 0.2) is 0 Å². The minimum absolute atomic E-state index is 0.659. The van der Waals surface area contributed by atoms with Gasteiger partial charge in [-0.15, -0.1) is 0 Å². The summed E-state index contributed by atoms with van der Waals surface area (Å²) in [6, 6.07) is 13.3. The first-order valence-electron chi connectivity index (χ1n) is 5.63. The molecule has 0 aliphatic carbocycles. The van der Waals surface area contributed by atoms with Crippen molar-refractivity contribution in [3.05, 3.63) is 63.6 Å². The van der Waals surface area contributed by atoms with Gasteiger partial charge in [-0.05, 0) is 41.5 Å². The highest BCUT2D eigenvalue weighted by molar-refractivity contribution is 6.34. The lowest BCUT2D eigenvalue weighted by Crippen LogP contribution is -2.12. The van der Waals surface area contributed by atoms with Crippen LogP contribution in [0.3, 0.4) is 0 Å². The van der Waals surface area contributed by atoms with E-state index in [1.807, 2.05) is 36.4 Å². The number of nitrogens with one attached hydrogen (secondary N) is 1. The summed E-state index contributed by atoms with van der Waals surface area (Å²) < 4.78 is 0. The molecule has 3 N–H and O–H groups in total. The van der Waals surface area contributed by atoms with Crippen molar-refractivity contribution in [2.45, 2.75) is 13.1 Å². The van der Waals surface area contributed by atoms with E-state index in [2.05, 4.69) is 5.32 Å². The minimum atomic E-state index is 0.659. The second-order valence-electron chi connectivity index (χ2n) is 4.12. The summed E-state index contributed by atoms with van der Waals surface area (Å²) in [6.07, 6.45) is 0. The molecule has 0 fully saturated rings. The Morgan fingerprint density at radius 1 is 0.833 bits per heavy atom. The second-order valence-corrected chi connectivity index (χ2v) is 5.00. The normalized spacial score (nSPS) is 10.6. The lowest BCUT2D eigenvalue weighted by Gasteiger charge is -2.06. The van der Waals surface area contributed by atoms with E-state index in [0.29, 0.717) is 10.0 Å². The van der Waals surface area contributed by atoms with Gasteiger partial charge in [-0.2, -0.15) is 0 Å². The van der Waals surface area contributed by atoms with E-state index in [9.17, 15) is 0 Å². The van der Waals surface area contributed by atoms with E-state index in [-0.39, 0.29) is 0 Å². The molecule has 2 aromatic rings. The molecule has 0 saturated carbocycles. The number of anilines is 1. The predicted molar refractivity (Wildman–Crippen MR) is 77.9 cm³/mol. The molecule has 0 heterocycles. The van der Waals surface area contributed by atoms with Crippen LogP contribution in [0.25, 0.3) is 0 Å². The predicted octanol–water partition coefficient (Wildman–Crippen LogP) is 3.87. The molecule has 0 amide bonds. The van der Waals surface area contributed by atoms with Crippen molar-refractivity contribution in [1.29, 1.82) is 0 Å². The Bertz CT molecular complexity index is 504. The fraction of sp³-hybridized carbons (Fsp3) is 0.143. The zero-order valence-electron chi connectivity index (χ0n) is 9.79. The molecule has 0 unspecified atom stereocenters. The third kappa shape index (κ3) is 3.91. The zero-order valence-corrected chi connectivity index (χ0v) is 11.3. The third-order valence-electron chi connectivity index (χ3n) is 2.56. The summed E-state index contributed by atoms with van der Waals surface area (Å²) in [7, 11) is 0. The standard InChI is InChI=1S/C14H14Cl2N2/c15-12-5-11(6-13(16)7-12)9-18-8-10-1-3-14(17)4-2-10/h1-7,18H,8-9,17H2. The van der Waals surface area contributed by atoms with E-state index in [0.717, 1.165) is 24.3 Å². The van der Waals surface area contributed by atoms with Gasteiger partial charge in [-0.3, -0.25) is 0 Å². The van der Waals surface area contributed by atoms with Crippen molar-refractivity contribution in [2.75, 3.05) is 5.73 Å². The number of hydrogen-bond donors (Lipinski definition) is 2. The molecular formula is C14H14Cl2N2.